The lowest BCUT2D eigenvalue weighted by Crippen LogP contribution is -2.57. The Morgan fingerprint density at radius 1 is 0.838 bits per heavy atom. The van der Waals surface area contributed by atoms with Gasteiger partial charge >= 0.3 is 0 Å². The van der Waals surface area contributed by atoms with Crippen LogP contribution in [-0.4, -0.2) is 62.7 Å². The summed E-state index contributed by atoms with van der Waals surface area (Å²) < 4.78 is 1.90. The lowest BCUT2D eigenvalue weighted by molar-refractivity contribution is -0.132. The molecule has 5 rings (SSSR count). The number of anilines is 1. The Hall–Kier alpha value is -4.30. The van der Waals surface area contributed by atoms with E-state index in [-0.39, 0.29) is 11.8 Å². The highest BCUT2D eigenvalue weighted by atomic mass is 16.2. The van der Waals surface area contributed by atoms with Crippen LogP contribution in [0.25, 0.3) is 5.69 Å². The third-order valence-corrected chi connectivity index (χ3v) is 6.78. The van der Waals surface area contributed by atoms with E-state index in [0.29, 0.717) is 38.2 Å². The average molecular weight is 495 g/mol. The number of rotatable bonds is 6. The lowest BCUT2D eigenvalue weighted by Gasteiger charge is -2.41. The molecule has 0 bridgehead atoms. The minimum atomic E-state index is -0.105. The predicted molar refractivity (Wildman–Crippen MR) is 142 cm³/mol. The Bertz CT molecular complexity index is 1360. The maximum Gasteiger partial charge on any atom is 0.272 e. The van der Waals surface area contributed by atoms with E-state index in [9.17, 15) is 9.59 Å². The van der Waals surface area contributed by atoms with Crippen LogP contribution in [0.4, 0.5) is 5.69 Å². The number of aromatic nitrogens is 3. The summed E-state index contributed by atoms with van der Waals surface area (Å²) in [6, 6.07) is 22.9. The number of nitrogens with zero attached hydrogens (tertiary/aromatic N) is 6. The summed E-state index contributed by atoms with van der Waals surface area (Å²) in [5.41, 5.74) is 5.16. The van der Waals surface area contributed by atoms with Crippen LogP contribution in [0, 0.1) is 13.8 Å². The summed E-state index contributed by atoms with van der Waals surface area (Å²) in [6.07, 6.45) is 3.67. The maximum atomic E-state index is 13.5. The molecule has 8 nitrogen and oxygen atoms in total. The molecule has 1 fully saturated rings. The van der Waals surface area contributed by atoms with Crippen molar-refractivity contribution in [2.24, 2.45) is 0 Å². The first-order valence-corrected chi connectivity index (χ1v) is 12.5. The van der Waals surface area contributed by atoms with Gasteiger partial charge < -0.3 is 4.90 Å². The largest absolute Gasteiger partial charge is 0.340 e. The van der Waals surface area contributed by atoms with Crippen molar-refractivity contribution in [1.82, 2.24) is 24.7 Å². The Balaban J connectivity index is 1.29. The SMILES string of the molecule is Cc1nn(-c2ccccc2)c(C)c1CC(=O)N1CCN(N(C(=O)c2ccccc2)c2ccncc2)CC1. The number of para-hydroxylation sites is 1. The predicted octanol–water partition coefficient (Wildman–Crippen LogP) is 3.83. The minimum absolute atomic E-state index is 0.0725. The van der Waals surface area contributed by atoms with E-state index in [1.165, 1.54) is 0 Å². The van der Waals surface area contributed by atoms with Gasteiger partial charge in [-0.1, -0.05) is 36.4 Å². The number of benzene rings is 2. The molecule has 1 aliphatic heterocycles. The molecule has 0 N–H and O–H groups in total. The molecule has 37 heavy (non-hydrogen) atoms. The molecule has 0 radical (unpaired) electrons. The van der Waals surface area contributed by atoms with Gasteiger partial charge in [0.25, 0.3) is 5.91 Å². The van der Waals surface area contributed by atoms with Crippen LogP contribution in [0.1, 0.15) is 27.3 Å². The molecule has 1 saturated heterocycles. The van der Waals surface area contributed by atoms with Gasteiger partial charge in [-0.3, -0.25) is 14.6 Å². The summed E-state index contributed by atoms with van der Waals surface area (Å²) in [6.45, 7) is 6.13. The Kier molecular flexibility index (Phi) is 7.09. The number of pyridine rings is 1. The van der Waals surface area contributed by atoms with Crippen LogP contribution in [0.15, 0.2) is 85.2 Å². The number of carbonyl (C=O) groups excluding carboxylic acids is 2. The lowest BCUT2D eigenvalue weighted by atomic mass is 10.1. The number of aryl methyl sites for hydroxylation is 1. The molecule has 4 aromatic rings. The molecule has 8 heteroatoms. The van der Waals surface area contributed by atoms with Crippen molar-refractivity contribution < 1.29 is 9.59 Å². The highest BCUT2D eigenvalue weighted by molar-refractivity contribution is 6.05. The van der Waals surface area contributed by atoms with Gasteiger partial charge in [0.1, 0.15) is 0 Å². The van der Waals surface area contributed by atoms with E-state index >= 15 is 0 Å². The van der Waals surface area contributed by atoms with Crippen molar-refractivity contribution in [3.05, 3.63) is 108 Å². The Labute approximate surface area is 216 Å². The molecule has 2 amide bonds. The van der Waals surface area contributed by atoms with Gasteiger partial charge in [-0.25, -0.2) is 14.7 Å². The second kappa shape index (κ2) is 10.8. The zero-order chi connectivity index (χ0) is 25.8. The van der Waals surface area contributed by atoms with E-state index in [0.717, 1.165) is 28.3 Å². The van der Waals surface area contributed by atoms with Gasteiger partial charge in [0.05, 0.1) is 23.5 Å². The summed E-state index contributed by atoms with van der Waals surface area (Å²) in [5, 5.41) is 8.40. The van der Waals surface area contributed by atoms with Gasteiger partial charge in [0.15, 0.2) is 0 Å². The van der Waals surface area contributed by atoms with Crippen molar-refractivity contribution in [2.45, 2.75) is 20.3 Å². The van der Waals surface area contributed by atoms with E-state index in [1.54, 1.807) is 17.4 Å². The fourth-order valence-corrected chi connectivity index (χ4v) is 4.76. The van der Waals surface area contributed by atoms with Gasteiger partial charge in [-0.05, 0) is 50.2 Å². The van der Waals surface area contributed by atoms with Crippen molar-refractivity contribution in [1.29, 1.82) is 0 Å². The molecular formula is C29H30N6O2. The zero-order valence-corrected chi connectivity index (χ0v) is 21.1. The first-order chi connectivity index (χ1) is 18.0. The Morgan fingerprint density at radius 2 is 1.46 bits per heavy atom. The number of hydrazine groups is 1. The molecule has 2 aromatic heterocycles. The highest BCUT2D eigenvalue weighted by Gasteiger charge is 2.30. The van der Waals surface area contributed by atoms with Gasteiger partial charge in [-0.15, -0.1) is 0 Å². The van der Waals surface area contributed by atoms with E-state index < -0.39 is 0 Å². The monoisotopic (exact) mass is 494 g/mol. The molecule has 2 aromatic carbocycles. The van der Waals surface area contributed by atoms with Crippen LogP contribution in [-0.2, 0) is 11.2 Å². The Morgan fingerprint density at radius 3 is 2.11 bits per heavy atom. The van der Waals surface area contributed by atoms with Crippen LogP contribution >= 0.6 is 0 Å². The number of amides is 2. The number of hydrogen-bond donors (Lipinski definition) is 0. The van der Waals surface area contributed by atoms with Crippen molar-refractivity contribution >= 4 is 17.5 Å². The quantitative estimate of drug-likeness (QED) is 0.407. The standard InChI is InChI=1S/C29H30N6O2/c1-22-27(23(2)34(31-22)25-11-7-4-8-12-25)21-28(36)32-17-19-33(20-18-32)35(26-13-15-30-16-14-26)29(37)24-9-5-3-6-10-24/h3-16H,17-21H2,1-2H3. The molecular weight excluding hydrogens is 464 g/mol. The molecule has 0 unspecified atom stereocenters. The maximum absolute atomic E-state index is 13.5. The topological polar surface area (TPSA) is 74.6 Å². The third-order valence-electron chi connectivity index (χ3n) is 6.78. The van der Waals surface area contributed by atoms with Gasteiger partial charge in [-0.2, -0.15) is 5.10 Å². The molecule has 0 spiro atoms. The molecule has 0 saturated carbocycles. The summed E-state index contributed by atoms with van der Waals surface area (Å²) in [4.78, 5) is 32.8. The van der Waals surface area contributed by atoms with Crippen molar-refractivity contribution in [2.75, 3.05) is 31.2 Å². The summed E-state index contributed by atoms with van der Waals surface area (Å²) >= 11 is 0. The van der Waals surface area contributed by atoms with Gasteiger partial charge in [0.2, 0.25) is 5.91 Å². The first kappa shape index (κ1) is 24.4. The van der Waals surface area contributed by atoms with E-state index in [2.05, 4.69) is 10.1 Å². The molecule has 3 heterocycles. The molecule has 0 atom stereocenters. The number of carbonyl (C=O) groups is 2. The van der Waals surface area contributed by atoms with E-state index in [1.807, 2.05) is 101 Å². The average Bonchev–Trinajstić information content (AvgIpc) is 3.23. The summed E-state index contributed by atoms with van der Waals surface area (Å²) in [5.74, 6) is -0.0329. The summed E-state index contributed by atoms with van der Waals surface area (Å²) in [7, 11) is 0. The smallest absolute Gasteiger partial charge is 0.272 e. The molecule has 0 aliphatic carbocycles. The van der Waals surface area contributed by atoms with Crippen LogP contribution < -0.4 is 5.01 Å². The minimum Gasteiger partial charge on any atom is -0.340 e. The van der Waals surface area contributed by atoms with Gasteiger partial charge in [0, 0.05) is 55.4 Å². The van der Waals surface area contributed by atoms with Crippen molar-refractivity contribution in [3.63, 3.8) is 0 Å². The second-order valence-corrected chi connectivity index (χ2v) is 9.10. The second-order valence-electron chi connectivity index (χ2n) is 9.10. The number of hydrogen-bond acceptors (Lipinski definition) is 5. The first-order valence-electron chi connectivity index (χ1n) is 12.5. The van der Waals surface area contributed by atoms with Crippen LogP contribution in [0.3, 0.4) is 0 Å². The van der Waals surface area contributed by atoms with E-state index in [4.69, 9.17) is 0 Å². The van der Waals surface area contributed by atoms with Crippen LogP contribution in [0.2, 0.25) is 0 Å². The third kappa shape index (κ3) is 5.15. The van der Waals surface area contributed by atoms with Crippen LogP contribution in [0.5, 0.6) is 0 Å². The molecule has 188 valence electrons. The highest BCUT2D eigenvalue weighted by Crippen LogP contribution is 2.22. The fraction of sp³-hybridized carbons (Fsp3) is 0.241. The normalized spacial score (nSPS) is 13.9. The number of piperazine rings is 1. The van der Waals surface area contributed by atoms with Crippen molar-refractivity contribution in [3.8, 4) is 5.69 Å². The zero-order valence-electron chi connectivity index (χ0n) is 21.1. The molecule has 1 aliphatic rings. The fourth-order valence-electron chi connectivity index (χ4n) is 4.76.